The van der Waals surface area contributed by atoms with Crippen LogP contribution >= 0.6 is 15.9 Å². The summed E-state index contributed by atoms with van der Waals surface area (Å²) in [6, 6.07) is 3.83. The van der Waals surface area contributed by atoms with Crippen LogP contribution in [0.4, 0.5) is 0 Å². The molecule has 0 saturated heterocycles. The van der Waals surface area contributed by atoms with E-state index in [1.165, 1.54) is 0 Å². The molecule has 0 aromatic heterocycles. The van der Waals surface area contributed by atoms with Gasteiger partial charge in [-0.3, -0.25) is 0 Å². The summed E-state index contributed by atoms with van der Waals surface area (Å²) in [6.07, 6.45) is -0.483. The van der Waals surface area contributed by atoms with E-state index in [4.69, 9.17) is 4.74 Å². The van der Waals surface area contributed by atoms with Gasteiger partial charge in [0, 0.05) is 0 Å². The lowest BCUT2D eigenvalue weighted by Crippen LogP contribution is -1.96. The van der Waals surface area contributed by atoms with Crippen LogP contribution in [0.2, 0.25) is 0 Å². The van der Waals surface area contributed by atoms with E-state index in [1.807, 2.05) is 19.1 Å². The summed E-state index contributed by atoms with van der Waals surface area (Å²) in [5, 5.41) is 9.43. The number of aliphatic hydroxyl groups excluding tert-OH is 1. The lowest BCUT2D eigenvalue weighted by Gasteiger charge is -2.13. The van der Waals surface area contributed by atoms with Crippen molar-refractivity contribution in [2.45, 2.75) is 20.0 Å². The number of hydrogen-bond donors (Lipinski definition) is 1. The number of ether oxygens (including phenoxy) is 1. The number of aliphatic hydroxyl groups is 1. The summed E-state index contributed by atoms with van der Waals surface area (Å²) in [4.78, 5) is 0. The molecule has 0 fully saturated rings. The molecule has 0 bridgehead atoms. The predicted octanol–water partition coefficient (Wildman–Crippen LogP) is 2.82. The van der Waals surface area contributed by atoms with Gasteiger partial charge in [-0.1, -0.05) is 12.1 Å². The zero-order valence-electron chi connectivity index (χ0n) is 7.97. The second-order valence-corrected chi connectivity index (χ2v) is 3.79. The first-order valence-corrected chi connectivity index (χ1v) is 4.88. The first-order valence-electron chi connectivity index (χ1n) is 4.09. The Labute approximate surface area is 86.7 Å². The van der Waals surface area contributed by atoms with Gasteiger partial charge in [-0.25, -0.2) is 0 Å². The molecule has 0 aliphatic carbocycles. The Bertz CT molecular complexity index is 308. The highest BCUT2D eigenvalue weighted by Gasteiger charge is 2.12. The second kappa shape index (κ2) is 4.11. The van der Waals surface area contributed by atoms with Gasteiger partial charge < -0.3 is 9.84 Å². The molecule has 0 spiro atoms. The Balaban J connectivity index is 3.27. The lowest BCUT2D eigenvalue weighted by molar-refractivity contribution is 0.198. The van der Waals surface area contributed by atoms with E-state index < -0.39 is 6.10 Å². The maximum atomic E-state index is 9.43. The van der Waals surface area contributed by atoms with Crippen LogP contribution in [0.3, 0.4) is 0 Å². The number of rotatable bonds is 2. The van der Waals surface area contributed by atoms with Gasteiger partial charge in [0.1, 0.15) is 5.75 Å². The van der Waals surface area contributed by atoms with Gasteiger partial charge in [-0.15, -0.1) is 0 Å². The molecular weight excluding hydrogens is 232 g/mol. The molecule has 1 aromatic carbocycles. The van der Waals surface area contributed by atoms with Gasteiger partial charge in [0.25, 0.3) is 0 Å². The summed E-state index contributed by atoms with van der Waals surface area (Å²) in [6.45, 7) is 3.70. The van der Waals surface area contributed by atoms with Gasteiger partial charge >= 0.3 is 0 Å². The Morgan fingerprint density at radius 3 is 2.54 bits per heavy atom. The summed E-state index contributed by atoms with van der Waals surface area (Å²) in [5.74, 6) is 0.790. The molecule has 1 aromatic rings. The molecule has 0 amide bonds. The molecule has 1 N–H and O–H groups in total. The van der Waals surface area contributed by atoms with Crippen molar-refractivity contribution >= 4 is 15.9 Å². The van der Waals surface area contributed by atoms with Crippen LogP contribution in [0.5, 0.6) is 5.75 Å². The van der Waals surface area contributed by atoms with Gasteiger partial charge in [-0.2, -0.15) is 0 Å². The van der Waals surface area contributed by atoms with Crippen molar-refractivity contribution in [3.8, 4) is 5.75 Å². The molecule has 1 rings (SSSR count). The number of methoxy groups -OCH3 is 1. The van der Waals surface area contributed by atoms with E-state index in [0.717, 1.165) is 21.3 Å². The molecule has 0 aliphatic rings. The zero-order chi connectivity index (χ0) is 10.0. The third kappa shape index (κ3) is 2.03. The molecule has 1 unspecified atom stereocenters. The molecule has 0 aliphatic heterocycles. The number of halogens is 1. The molecule has 1 atom stereocenters. The molecule has 13 heavy (non-hydrogen) atoms. The maximum Gasteiger partial charge on any atom is 0.136 e. The first-order chi connectivity index (χ1) is 6.07. The summed E-state index contributed by atoms with van der Waals surface area (Å²) in [7, 11) is 1.62. The quantitative estimate of drug-likeness (QED) is 0.868. The fourth-order valence-corrected chi connectivity index (χ4v) is 2.18. The van der Waals surface area contributed by atoms with E-state index >= 15 is 0 Å². The van der Waals surface area contributed by atoms with Crippen molar-refractivity contribution in [1.82, 2.24) is 0 Å². The van der Waals surface area contributed by atoms with Crippen LogP contribution in [0.1, 0.15) is 24.2 Å². The first kappa shape index (κ1) is 10.5. The van der Waals surface area contributed by atoms with Crippen molar-refractivity contribution in [3.05, 3.63) is 27.7 Å². The van der Waals surface area contributed by atoms with E-state index in [9.17, 15) is 5.11 Å². The second-order valence-electron chi connectivity index (χ2n) is 2.99. The highest BCUT2D eigenvalue weighted by Crippen LogP contribution is 2.34. The smallest absolute Gasteiger partial charge is 0.136 e. The topological polar surface area (TPSA) is 29.5 Å². The van der Waals surface area contributed by atoms with Crippen LogP contribution < -0.4 is 4.74 Å². The monoisotopic (exact) mass is 244 g/mol. The molecular formula is C10H13BrO2. The number of aryl methyl sites for hydroxylation is 1. The van der Waals surface area contributed by atoms with Crippen LogP contribution in [0.25, 0.3) is 0 Å². The van der Waals surface area contributed by atoms with Crippen molar-refractivity contribution < 1.29 is 9.84 Å². The van der Waals surface area contributed by atoms with Crippen LogP contribution in [-0.4, -0.2) is 12.2 Å². The van der Waals surface area contributed by atoms with Crippen LogP contribution in [-0.2, 0) is 0 Å². The average Bonchev–Trinajstić information content (AvgIpc) is 2.04. The molecule has 3 heteroatoms. The predicted molar refractivity (Wildman–Crippen MR) is 56.1 cm³/mol. The van der Waals surface area contributed by atoms with Crippen molar-refractivity contribution in [2.24, 2.45) is 0 Å². The van der Waals surface area contributed by atoms with E-state index in [-0.39, 0.29) is 0 Å². The standard InChI is InChI=1S/C10H13BrO2/c1-6-4-5-8(7(2)12)9(11)10(6)13-3/h4-5,7,12H,1-3H3. The third-order valence-electron chi connectivity index (χ3n) is 1.98. The van der Waals surface area contributed by atoms with Gasteiger partial charge in [0.2, 0.25) is 0 Å². The van der Waals surface area contributed by atoms with Crippen molar-refractivity contribution in [3.63, 3.8) is 0 Å². The van der Waals surface area contributed by atoms with Crippen LogP contribution in [0.15, 0.2) is 16.6 Å². The summed E-state index contributed by atoms with van der Waals surface area (Å²) >= 11 is 3.41. The van der Waals surface area contributed by atoms with E-state index in [1.54, 1.807) is 14.0 Å². The fourth-order valence-electron chi connectivity index (χ4n) is 1.24. The van der Waals surface area contributed by atoms with E-state index in [0.29, 0.717) is 0 Å². The van der Waals surface area contributed by atoms with Gasteiger partial charge in [0.05, 0.1) is 17.7 Å². The molecule has 72 valence electrons. The summed E-state index contributed by atoms with van der Waals surface area (Å²) < 4.78 is 6.05. The lowest BCUT2D eigenvalue weighted by atomic mass is 10.1. The zero-order valence-corrected chi connectivity index (χ0v) is 9.55. The highest BCUT2D eigenvalue weighted by atomic mass is 79.9. The van der Waals surface area contributed by atoms with Gasteiger partial charge in [0.15, 0.2) is 0 Å². The molecule has 0 radical (unpaired) electrons. The fraction of sp³-hybridized carbons (Fsp3) is 0.400. The molecule has 2 nitrogen and oxygen atoms in total. The minimum absolute atomic E-state index is 0.483. The minimum atomic E-state index is -0.483. The maximum absolute atomic E-state index is 9.43. The third-order valence-corrected chi connectivity index (χ3v) is 2.80. The van der Waals surface area contributed by atoms with Crippen molar-refractivity contribution in [1.29, 1.82) is 0 Å². The average molecular weight is 245 g/mol. The molecule has 0 saturated carbocycles. The molecule has 0 heterocycles. The largest absolute Gasteiger partial charge is 0.495 e. The minimum Gasteiger partial charge on any atom is -0.495 e. The number of benzene rings is 1. The normalized spacial score (nSPS) is 12.7. The SMILES string of the molecule is COc1c(C)ccc(C(C)O)c1Br. The Hall–Kier alpha value is -0.540. The Morgan fingerprint density at radius 2 is 2.08 bits per heavy atom. The summed E-state index contributed by atoms with van der Waals surface area (Å²) in [5.41, 5.74) is 1.90. The Morgan fingerprint density at radius 1 is 1.46 bits per heavy atom. The van der Waals surface area contributed by atoms with E-state index in [2.05, 4.69) is 15.9 Å². The van der Waals surface area contributed by atoms with Gasteiger partial charge in [-0.05, 0) is 40.9 Å². The number of hydrogen-bond acceptors (Lipinski definition) is 2. The Kier molecular flexibility index (Phi) is 3.33. The highest BCUT2D eigenvalue weighted by molar-refractivity contribution is 9.10. The van der Waals surface area contributed by atoms with Crippen LogP contribution in [0, 0.1) is 6.92 Å². The van der Waals surface area contributed by atoms with Crippen molar-refractivity contribution in [2.75, 3.05) is 7.11 Å².